The van der Waals surface area contributed by atoms with Crippen LogP contribution in [0.2, 0.25) is 0 Å². The molecule has 0 heterocycles. The van der Waals surface area contributed by atoms with E-state index in [0.717, 1.165) is 16.7 Å². The maximum Gasteiger partial charge on any atom is 0.261 e. The molecule has 29 heavy (non-hydrogen) atoms. The number of halogens is 1. The van der Waals surface area contributed by atoms with Gasteiger partial charge in [0.15, 0.2) is 0 Å². The highest BCUT2D eigenvalue weighted by Crippen LogP contribution is 2.20. The number of aryl methyl sites for hydroxylation is 3. The molecule has 0 saturated carbocycles. The van der Waals surface area contributed by atoms with Crippen LogP contribution in [0.4, 0.5) is 15.8 Å². The summed E-state index contributed by atoms with van der Waals surface area (Å²) in [6, 6.07) is 15.2. The molecule has 2 N–H and O–H groups in total. The summed E-state index contributed by atoms with van der Waals surface area (Å²) in [7, 11) is -3.80. The van der Waals surface area contributed by atoms with Gasteiger partial charge in [-0.25, -0.2) is 12.8 Å². The van der Waals surface area contributed by atoms with Crippen LogP contribution >= 0.6 is 0 Å². The highest BCUT2D eigenvalue weighted by atomic mass is 32.2. The maximum absolute atomic E-state index is 13.9. The Labute approximate surface area is 169 Å². The molecule has 0 unspecified atom stereocenters. The summed E-state index contributed by atoms with van der Waals surface area (Å²) in [6.07, 6.45) is 0. The number of rotatable bonds is 5. The van der Waals surface area contributed by atoms with Crippen molar-refractivity contribution in [2.24, 2.45) is 0 Å². The fraction of sp³-hybridized carbons (Fsp3) is 0.136. The van der Waals surface area contributed by atoms with Crippen LogP contribution in [0.25, 0.3) is 0 Å². The van der Waals surface area contributed by atoms with E-state index in [0.29, 0.717) is 5.69 Å². The first-order chi connectivity index (χ1) is 13.7. The van der Waals surface area contributed by atoms with E-state index < -0.39 is 21.7 Å². The Balaban J connectivity index is 1.76. The zero-order valence-corrected chi connectivity index (χ0v) is 17.1. The number of nitrogens with one attached hydrogen (secondary N) is 2. The zero-order valence-electron chi connectivity index (χ0n) is 16.3. The third-order valence-electron chi connectivity index (χ3n) is 4.56. The molecule has 0 aliphatic rings. The van der Waals surface area contributed by atoms with Crippen molar-refractivity contribution >= 4 is 27.3 Å². The maximum atomic E-state index is 13.9. The van der Waals surface area contributed by atoms with E-state index >= 15 is 0 Å². The van der Waals surface area contributed by atoms with Crippen molar-refractivity contribution in [3.05, 3.63) is 88.7 Å². The Morgan fingerprint density at radius 2 is 1.55 bits per heavy atom. The third kappa shape index (κ3) is 4.81. The molecule has 3 aromatic carbocycles. The number of carbonyl (C=O) groups excluding carboxylic acids is 1. The summed E-state index contributed by atoms with van der Waals surface area (Å²) in [6.45, 7) is 5.59. The van der Waals surface area contributed by atoms with Gasteiger partial charge in [0.1, 0.15) is 5.82 Å². The van der Waals surface area contributed by atoms with Crippen molar-refractivity contribution in [1.82, 2.24) is 0 Å². The van der Waals surface area contributed by atoms with Gasteiger partial charge < -0.3 is 5.32 Å². The zero-order chi connectivity index (χ0) is 21.2. The monoisotopic (exact) mass is 412 g/mol. The number of sulfonamides is 1. The number of hydrogen-bond acceptors (Lipinski definition) is 3. The van der Waals surface area contributed by atoms with E-state index in [4.69, 9.17) is 0 Å². The smallest absolute Gasteiger partial charge is 0.261 e. The number of amides is 1. The van der Waals surface area contributed by atoms with Crippen molar-refractivity contribution in [2.45, 2.75) is 25.7 Å². The molecular weight excluding hydrogens is 391 g/mol. The second kappa shape index (κ2) is 8.05. The van der Waals surface area contributed by atoms with Crippen LogP contribution in [0.1, 0.15) is 27.0 Å². The van der Waals surface area contributed by atoms with Crippen molar-refractivity contribution in [3.8, 4) is 0 Å². The highest BCUT2D eigenvalue weighted by Gasteiger charge is 2.16. The Bertz CT molecular complexity index is 1170. The molecule has 0 spiro atoms. The van der Waals surface area contributed by atoms with Gasteiger partial charge >= 0.3 is 0 Å². The minimum absolute atomic E-state index is 0.0220. The predicted octanol–water partition coefficient (Wildman–Crippen LogP) is 4.80. The van der Waals surface area contributed by atoms with Gasteiger partial charge in [-0.2, -0.15) is 0 Å². The summed E-state index contributed by atoms with van der Waals surface area (Å²) in [5.74, 6) is -1.06. The lowest BCUT2D eigenvalue weighted by Gasteiger charge is -2.11. The first-order valence-corrected chi connectivity index (χ1v) is 10.4. The van der Waals surface area contributed by atoms with Crippen LogP contribution in [0.5, 0.6) is 0 Å². The SMILES string of the molecule is Cc1ccc(NC(=O)c2ccc(S(=O)(=O)Nc3ccc(C)c(C)c3)cc2)c(F)c1. The molecule has 0 radical (unpaired) electrons. The van der Waals surface area contributed by atoms with E-state index in [-0.39, 0.29) is 16.1 Å². The Kier molecular flexibility index (Phi) is 5.70. The van der Waals surface area contributed by atoms with E-state index in [2.05, 4.69) is 10.0 Å². The number of hydrogen-bond donors (Lipinski definition) is 2. The Hall–Kier alpha value is -3.19. The van der Waals surface area contributed by atoms with E-state index in [1.54, 1.807) is 25.1 Å². The lowest BCUT2D eigenvalue weighted by Crippen LogP contribution is -2.15. The van der Waals surface area contributed by atoms with Gasteiger partial charge in [-0.05, 0) is 86.0 Å². The van der Waals surface area contributed by atoms with Gasteiger partial charge in [-0.3, -0.25) is 9.52 Å². The molecule has 0 atom stereocenters. The van der Waals surface area contributed by atoms with Crippen LogP contribution in [0, 0.1) is 26.6 Å². The van der Waals surface area contributed by atoms with E-state index in [1.165, 1.54) is 36.4 Å². The number of benzene rings is 3. The van der Waals surface area contributed by atoms with Crippen LogP contribution in [0.3, 0.4) is 0 Å². The Morgan fingerprint density at radius 1 is 0.862 bits per heavy atom. The van der Waals surface area contributed by atoms with Gasteiger partial charge in [0.2, 0.25) is 0 Å². The average molecular weight is 412 g/mol. The predicted molar refractivity (Wildman–Crippen MR) is 112 cm³/mol. The first-order valence-electron chi connectivity index (χ1n) is 8.93. The summed E-state index contributed by atoms with van der Waals surface area (Å²) in [5, 5.41) is 2.48. The van der Waals surface area contributed by atoms with Gasteiger partial charge in [0.25, 0.3) is 15.9 Å². The van der Waals surface area contributed by atoms with Crippen molar-refractivity contribution in [2.75, 3.05) is 10.0 Å². The number of carbonyl (C=O) groups is 1. The summed E-state index contributed by atoms with van der Waals surface area (Å²) in [4.78, 5) is 12.4. The topological polar surface area (TPSA) is 75.3 Å². The highest BCUT2D eigenvalue weighted by molar-refractivity contribution is 7.92. The fourth-order valence-electron chi connectivity index (χ4n) is 2.72. The van der Waals surface area contributed by atoms with Crippen molar-refractivity contribution in [3.63, 3.8) is 0 Å². The Morgan fingerprint density at radius 3 is 2.17 bits per heavy atom. The van der Waals surface area contributed by atoms with Gasteiger partial charge in [-0.15, -0.1) is 0 Å². The standard InChI is InChI=1S/C22H21FN2O3S/c1-14-4-11-21(20(23)12-14)24-22(26)17-6-9-19(10-7-17)29(27,28)25-18-8-5-15(2)16(3)13-18/h4-13,25H,1-3H3,(H,24,26). The lowest BCUT2D eigenvalue weighted by molar-refractivity contribution is 0.102. The quantitative estimate of drug-likeness (QED) is 0.632. The second-order valence-corrected chi connectivity index (χ2v) is 8.55. The summed E-state index contributed by atoms with van der Waals surface area (Å²) < 4.78 is 41.6. The molecule has 0 aliphatic heterocycles. The van der Waals surface area contributed by atoms with Gasteiger partial charge in [0, 0.05) is 11.3 Å². The van der Waals surface area contributed by atoms with Crippen molar-refractivity contribution in [1.29, 1.82) is 0 Å². The van der Waals surface area contributed by atoms with E-state index in [1.807, 2.05) is 19.9 Å². The van der Waals surface area contributed by atoms with Crippen LogP contribution in [-0.2, 0) is 10.0 Å². The van der Waals surface area contributed by atoms with Crippen molar-refractivity contribution < 1.29 is 17.6 Å². The van der Waals surface area contributed by atoms with Crippen LogP contribution in [-0.4, -0.2) is 14.3 Å². The molecule has 1 amide bonds. The molecule has 0 aromatic heterocycles. The van der Waals surface area contributed by atoms with Gasteiger partial charge in [0.05, 0.1) is 10.6 Å². The largest absolute Gasteiger partial charge is 0.319 e. The first kappa shape index (κ1) is 20.5. The molecular formula is C22H21FN2O3S. The molecule has 3 aromatic rings. The minimum atomic E-state index is -3.80. The number of anilines is 2. The minimum Gasteiger partial charge on any atom is -0.319 e. The molecule has 150 valence electrons. The third-order valence-corrected chi connectivity index (χ3v) is 5.96. The summed E-state index contributed by atoms with van der Waals surface area (Å²) >= 11 is 0. The molecule has 0 saturated heterocycles. The fourth-order valence-corrected chi connectivity index (χ4v) is 3.77. The molecule has 0 fully saturated rings. The molecule has 0 bridgehead atoms. The molecule has 5 nitrogen and oxygen atoms in total. The normalized spacial score (nSPS) is 11.2. The van der Waals surface area contributed by atoms with Gasteiger partial charge in [-0.1, -0.05) is 12.1 Å². The second-order valence-electron chi connectivity index (χ2n) is 6.87. The average Bonchev–Trinajstić information content (AvgIpc) is 2.67. The summed E-state index contributed by atoms with van der Waals surface area (Å²) in [5.41, 5.74) is 3.52. The molecule has 3 rings (SSSR count). The molecule has 0 aliphatic carbocycles. The lowest BCUT2D eigenvalue weighted by atomic mass is 10.1. The van der Waals surface area contributed by atoms with Crippen LogP contribution in [0.15, 0.2) is 65.6 Å². The van der Waals surface area contributed by atoms with E-state index in [9.17, 15) is 17.6 Å². The molecule has 7 heteroatoms. The van der Waals surface area contributed by atoms with Crippen LogP contribution < -0.4 is 10.0 Å².